The highest BCUT2D eigenvalue weighted by molar-refractivity contribution is 7.98. The second kappa shape index (κ2) is 9.01. The van der Waals surface area contributed by atoms with Gasteiger partial charge in [-0.25, -0.2) is 0 Å². The van der Waals surface area contributed by atoms with E-state index < -0.39 is 0 Å². The number of hydrogen-bond donors (Lipinski definition) is 1. The van der Waals surface area contributed by atoms with Gasteiger partial charge in [0.2, 0.25) is 0 Å². The summed E-state index contributed by atoms with van der Waals surface area (Å²) in [4.78, 5) is 1.10. The Bertz CT molecular complexity index is 954. The third-order valence-corrected chi connectivity index (χ3v) is 5.43. The maximum atomic E-state index is 10.8. The zero-order valence-corrected chi connectivity index (χ0v) is 16.7. The molecule has 0 aliphatic carbocycles. The molecule has 0 aromatic heterocycles. The standard InChI is InChI=1S/C22H24O5S/c1-28-16-6-7-19-20(12-16)21(23)17-4-2-3-5-18(17)22(19)26-11-10-24-8-9-25-13-15-14-27-15/h2-7,12,15,23H,8-11,13-14H2,1H3. The van der Waals surface area contributed by atoms with Crippen LogP contribution in [-0.2, 0) is 14.2 Å². The Labute approximate surface area is 168 Å². The van der Waals surface area contributed by atoms with Crippen LogP contribution in [0.25, 0.3) is 21.5 Å². The van der Waals surface area contributed by atoms with Crippen molar-refractivity contribution in [3.63, 3.8) is 0 Å². The Morgan fingerprint density at radius 1 is 0.964 bits per heavy atom. The molecule has 1 N–H and O–H groups in total. The Morgan fingerprint density at radius 2 is 1.68 bits per heavy atom. The van der Waals surface area contributed by atoms with Crippen molar-refractivity contribution >= 4 is 33.3 Å². The van der Waals surface area contributed by atoms with Gasteiger partial charge in [0.25, 0.3) is 0 Å². The van der Waals surface area contributed by atoms with Crippen molar-refractivity contribution in [3.05, 3.63) is 42.5 Å². The van der Waals surface area contributed by atoms with Gasteiger partial charge in [0.05, 0.1) is 33.0 Å². The summed E-state index contributed by atoms with van der Waals surface area (Å²) < 4.78 is 22.3. The first-order chi connectivity index (χ1) is 13.8. The molecule has 1 fully saturated rings. The van der Waals surface area contributed by atoms with Crippen LogP contribution in [0.4, 0.5) is 0 Å². The van der Waals surface area contributed by atoms with Crippen molar-refractivity contribution in [2.24, 2.45) is 0 Å². The highest BCUT2D eigenvalue weighted by atomic mass is 32.2. The lowest BCUT2D eigenvalue weighted by Gasteiger charge is -2.15. The Balaban J connectivity index is 1.46. The summed E-state index contributed by atoms with van der Waals surface area (Å²) in [5.41, 5.74) is 0. The van der Waals surface area contributed by atoms with Crippen molar-refractivity contribution < 1.29 is 24.1 Å². The number of epoxide rings is 1. The minimum absolute atomic E-state index is 0.283. The van der Waals surface area contributed by atoms with Gasteiger partial charge < -0.3 is 24.1 Å². The molecular weight excluding hydrogens is 376 g/mol. The van der Waals surface area contributed by atoms with E-state index in [4.69, 9.17) is 18.9 Å². The monoisotopic (exact) mass is 400 g/mol. The van der Waals surface area contributed by atoms with E-state index in [1.54, 1.807) is 11.8 Å². The quantitative estimate of drug-likeness (QED) is 0.238. The van der Waals surface area contributed by atoms with Crippen LogP contribution >= 0.6 is 11.8 Å². The van der Waals surface area contributed by atoms with Crippen molar-refractivity contribution in [3.8, 4) is 11.5 Å². The molecule has 28 heavy (non-hydrogen) atoms. The van der Waals surface area contributed by atoms with Crippen LogP contribution in [0.2, 0.25) is 0 Å². The van der Waals surface area contributed by atoms with E-state index in [9.17, 15) is 5.11 Å². The molecule has 1 saturated heterocycles. The van der Waals surface area contributed by atoms with Gasteiger partial charge in [0.15, 0.2) is 0 Å². The van der Waals surface area contributed by atoms with Crippen LogP contribution in [0.5, 0.6) is 11.5 Å². The number of aromatic hydroxyl groups is 1. The van der Waals surface area contributed by atoms with Gasteiger partial charge in [-0.15, -0.1) is 11.8 Å². The summed E-state index contributed by atoms with van der Waals surface area (Å²) in [6.45, 7) is 3.44. The number of benzene rings is 3. The predicted molar refractivity (Wildman–Crippen MR) is 112 cm³/mol. The van der Waals surface area contributed by atoms with E-state index >= 15 is 0 Å². The molecule has 5 nitrogen and oxygen atoms in total. The lowest BCUT2D eigenvalue weighted by molar-refractivity contribution is 0.0320. The first-order valence-corrected chi connectivity index (χ1v) is 10.6. The first kappa shape index (κ1) is 19.3. The van der Waals surface area contributed by atoms with Crippen LogP contribution in [0, 0.1) is 0 Å². The lowest BCUT2D eigenvalue weighted by Crippen LogP contribution is -2.12. The highest BCUT2D eigenvalue weighted by Gasteiger charge is 2.22. The topological polar surface area (TPSA) is 60.5 Å². The Morgan fingerprint density at radius 3 is 2.46 bits per heavy atom. The fraction of sp³-hybridized carbons (Fsp3) is 0.364. The molecule has 0 radical (unpaired) electrons. The average Bonchev–Trinajstić information content (AvgIpc) is 3.56. The molecule has 6 heteroatoms. The molecule has 0 amide bonds. The predicted octanol–water partition coefficient (Wildman–Crippen LogP) is 4.23. The molecule has 1 aliphatic rings. The molecule has 1 unspecified atom stereocenters. The molecule has 1 aliphatic heterocycles. The SMILES string of the molecule is CSc1ccc2c(OCCOCCOCC3CO3)c3ccccc3c(O)c2c1. The van der Waals surface area contributed by atoms with E-state index in [0.29, 0.717) is 38.8 Å². The van der Waals surface area contributed by atoms with Crippen molar-refractivity contribution in [1.82, 2.24) is 0 Å². The number of rotatable bonds is 10. The van der Waals surface area contributed by atoms with E-state index in [2.05, 4.69) is 0 Å². The molecule has 3 aromatic carbocycles. The third kappa shape index (κ3) is 4.36. The second-order valence-electron chi connectivity index (χ2n) is 6.63. The number of phenols is 1. The largest absolute Gasteiger partial charge is 0.507 e. The van der Waals surface area contributed by atoms with E-state index in [1.165, 1.54) is 0 Å². The number of hydrogen-bond acceptors (Lipinski definition) is 6. The molecular formula is C22H24O5S. The molecule has 148 valence electrons. The minimum Gasteiger partial charge on any atom is -0.507 e. The fourth-order valence-corrected chi connectivity index (χ4v) is 3.62. The Hall–Kier alpha value is -1.99. The van der Waals surface area contributed by atoms with Crippen molar-refractivity contribution in [2.75, 3.05) is 45.9 Å². The smallest absolute Gasteiger partial charge is 0.135 e. The summed E-state index contributed by atoms with van der Waals surface area (Å²) >= 11 is 1.65. The zero-order chi connectivity index (χ0) is 19.3. The van der Waals surface area contributed by atoms with Crippen LogP contribution < -0.4 is 4.74 Å². The van der Waals surface area contributed by atoms with Gasteiger partial charge in [-0.3, -0.25) is 0 Å². The number of fused-ring (bicyclic) bond motifs is 2. The van der Waals surface area contributed by atoms with Crippen LogP contribution in [0.3, 0.4) is 0 Å². The minimum atomic E-state index is 0.283. The van der Waals surface area contributed by atoms with Gasteiger partial charge in [-0.2, -0.15) is 0 Å². The first-order valence-electron chi connectivity index (χ1n) is 9.39. The molecule has 1 atom stereocenters. The normalized spacial score (nSPS) is 16.0. The highest BCUT2D eigenvalue weighted by Crippen LogP contribution is 2.43. The van der Waals surface area contributed by atoms with Crippen molar-refractivity contribution in [2.45, 2.75) is 11.0 Å². The fourth-order valence-electron chi connectivity index (χ4n) is 3.18. The summed E-state index contributed by atoms with van der Waals surface area (Å²) in [6.07, 6.45) is 2.31. The molecule has 4 rings (SSSR count). The maximum Gasteiger partial charge on any atom is 0.135 e. The number of ether oxygens (including phenoxy) is 4. The van der Waals surface area contributed by atoms with Crippen LogP contribution in [0.15, 0.2) is 47.4 Å². The van der Waals surface area contributed by atoms with Gasteiger partial charge in [-0.1, -0.05) is 24.3 Å². The molecule has 3 aromatic rings. The molecule has 0 saturated carbocycles. The second-order valence-corrected chi connectivity index (χ2v) is 7.51. The average molecular weight is 400 g/mol. The van der Waals surface area contributed by atoms with Gasteiger partial charge in [0, 0.05) is 26.4 Å². The summed E-state index contributed by atoms with van der Waals surface area (Å²) in [6, 6.07) is 13.8. The lowest BCUT2D eigenvalue weighted by atomic mass is 10.0. The number of phenolic OH excluding ortho intramolecular Hbond substituents is 1. The maximum absolute atomic E-state index is 10.8. The molecule has 0 bridgehead atoms. The van der Waals surface area contributed by atoms with E-state index in [-0.39, 0.29) is 6.10 Å². The van der Waals surface area contributed by atoms with Crippen LogP contribution in [0.1, 0.15) is 0 Å². The van der Waals surface area contributed by atoms with Gasteiger partial charge in [-0.05, 0) is 24.5 Å². The molecule has 0 spiro atoms. The molecule has 1 heterocycles. The summed E-state index contributed by atoms with van der Waals surface area (Å²) in [5, 5.41) is 14.2. The zero-order valence-electron chi connectivity index (χ0n) is 15.8. The van der Waals surface area contributed by atoms with Gasteiger partial charge >= 0.3 is 0 Å². The van der Waals surface area contributed by atoms with Gasteiger partial charge in [0.1, 0.15) is 24.2 Å². The summed E-state index contributed by atoms with van der Waals surface area (Å²) in [7, 11) is 0. The summed E-state index contributed by atoms with van der Waals surface area (Å²) in [5.74, 6) is 1.07. The third-order valence-electron chi connectivity index (χ3n) is 4.71. The van der Waals surface area contributed by atoms with E-state index in [1.807, 2.05) is 48.7 Å². The van der Waals surface area contributed by atoms with Crippen LogP contribution in [-0.4, -0.2) is 57.1 Å². The van der Waals surface area contributed by atoms with Crippen molar-refractivity contribution in [1.29, 1.82) is 0 Å². The Kier molecular flexibility index (Phi) is 6.22. The number of thioether (sulfide) groups is 1. The van der Waals surface area contributed by atoms with E-state index in [0.717, 1.165) is 38.8 Å².